The van der Waals surface area contributed by atoms with Crippen molar-refractivity contribution in [3.63, 3.8) is 0 Å². The van der Waals surface area contributed by atoms with Crippen LogP contribution < -0.4 is 0 Å². The molecule has 2 aliphatic rings. The van der Waals surface area contributed by atoms with Crippen molar-refractivity contribution >= 4 is 0 Å². The predicted octanol–water partition coefficient (Wildman–Crippen LogP) is 4.68. The molecule has 2 rings (SSSR count). The van der Waals surface area contributed by atoms with Crippen LogP contribution in [-0.2, 0) is 0 Å². The van der Waals surface area contributed by atoms with Gasteiger partial charge < -0.3 is 5.11 Å². The molecule has 0 radical (unpaired) electrons. The molecule has 1 heteroatoms. The van der Waals surface area contributed by atoms with Gasteiger partial charge in [0.15, 0.2) is 0 Å². The van der Waals surface area contributed by atoms with E-state index in [4.69, 9.17) is 0 Å². The van der Waals surface area contributed by atoms with Gasteiger partial charge in [0.05, 0.1) is 6.10 Å². The summed E-state index contributed by atoms with van der Waals surface area (Å²) >= 11 is 0. The van der Waals surface area contributed by atoms with Crippen LogP contribution in [0, 0.1) is 11.8 Å². The molecule has 0 amide bonds. The quantitative estimate of drug-likeness (QED) is 0.650. The van der Waals surface area contributed by atoms with Gasteiger partial charge in [-0.3, -0.25) is 0 Å². The van der Waals surface area contributed by atoms with Gasteiger partial charge in [-0.1, -0.05) is 70.6 Å². The van der Waals surface area contributed by atoms with Crippen LogP contribution in [0.25, 0.3) is 0 Å². The Balaban J connectivity index is 1.67. The summed E-state index contributed by atoms with van der Waals surface area (Å²) in [6.45, 7) is 0. The molecule has 0 saturated heterocycles. The van der Waals surface area contributed by atoms with E-state index in [-0.39, 0.29) is 6.10 Å². The van der Waals surface area contributed by atoms with Gasteiger partial charge in [-0.15, -0.1) is 0 Å². The second-order valence-electron chi connectivity index (χ2n) is 6.34. The molecule has 3 atom stereocenters. The number of aliphatic hydroxyl groups excluding tert-OH is 1. The van der Waals surface area contributed by atoms with Crippen LogP contribution in [0.5, 0.6) is 0 Å². The highest BCUT2D eigenvalue weighted by Crippen LogP contribution is 2.46. The van der Waals surface area contributed by atoms with Gasteiger partial charge in [-0.25, -0.2) is 0 Å². The van der Waals surface area contributed by atoms with Gasteiger partial charge in [0.25, 0.3) is 0 Å². The van der Waals surface area contributed by atoms with Gasteiger partial charge in [-0.05, 0) is 24.7 Å². The average molecular weight is 238 g/mol. The molecular weight excluding hydrogens is 208 g/mol. The Labute approximate surface area is 107 Å². The summed E-state index contributed by atoms with van der Waals surface area (Å²) in [5.74, 6) is 1.57. The Morgan fingerprint density at radius 1 is 0.588 bits per heavy atom. The van der Waals surface area contributed by atoms with Crippen molar-refractivity contribution in [1.82, 2.24) is 0 Å². The number of fused-ring (bicyclic) bond motifs is 1. The third-order valence-electron chi connectivity index (χ3n) is 4.80. The summed E-state index contributed by atoms with van der Waals surface area (Å²) in [6.07, 6.45) is 17.9. The van der Waals surface area contributed by atoms with Crippen molar-refractivity contribution in [3.05, 3.63) is 0 Å². The molecule has 0 aromatic rings. The zero-order valence-corrected chi connectivity index (χ0v) is 11.4. The van der Waals surface area contributed by atoms with Crippen LogP contribution in [0.2, 0.25) is 0 Å². The zero-order valence-electron chi connectivity index (χ0n) is 11.4. The predicted molar refractivity (Wildman–Crippen MR) is 73.0 cm³/mol. The monoisotopic (exact) mass is 238 g/mol. The van der Waals surface area contributed by atoms with Crippen LogP contribution in [0.3, 0.4) is 0 Å². The fraction of sp³-hybridized carbons (Fsp3) is 1.00. The summed E-state index contributed by atoms with van der Waals surface area (Å²) in [5.41, 5.74) is 0. The molecule has 0 heterocycles. The summed E-state index contributed by atoms with van der Waals surface area (Å²) < 4.78 is 0. The van der Waals surface area contributed by atoms with Crippen molar-refractivity contribution in [2.24, 2.45) is 11.8 Å². The number of rotatable bonds is 0. The minimum Gasteiger partial charge on any atom is -0.393 e. The van der Waals surface area contributed by atoms with E-state index in [1.165, 1.54) is 77.0 Å². The van der Waals surface area contributed by atoms with E-state index >= 15 is 0 Å². The lowest BCUT2D eigenvalue weighted by Gasteiger charge is -2.09. The topological polar surface area (TPSA) is 20.2 Å². The van der Waals surface area contributed by atoms with E-state index in [2.05, 4.69) is 0 Å². The lowest BCUT2D eigenvalue weighted by atomic mass is 10.0. The second kappa shape index (κ2) is 7.41. The third-order valence-corrected chi connectivity index (χ3v) is 4.80. The lowest BCUT2D eigenvalue weighted by Crippen LogP contribution is -2.10. The molecular formula is C16H30O. The minimum atomic E-state index is 0.0325. The van der Waals surface area contributed by atoms with Gasteiger partial charge in [0.1, 0.15) is 0 Å². The molecule has 0 bridgehead atoms. The molecule has 0 aliphatic heterocycles. The van der Waals surface area contributed by atoms with Crippen molar-refractivity contribution in [2.45, 2.75) is 89.6 Å². The summed E-state index contributed by atoms with van der Waals surface area (Å²) in [7, 11) is 0. The minimum absolute atomic E-state index is 0.0325. The van der Waals surface area contributed by atoms with Crippen molar-refractivity contribution < 1.29 is 5.11 Å². The van der Waals surface area contributed by atoms with Crippen LogP contribution in [0.15, 0.2) is 0 Å². The van der Waals surface area contributed by atoms with E-state index < -0.39 is 0 Å². The van der Waals surface area contributed by atoms with E-state index in [0.717, 1.165) is 12.3 Å². The van der Waals surface area contributed by atoms with Crippen molar-refractivity contribution in [1.29, 1.82) is 0 Å². The fourth-order valence-electron chi connectivity index (χ4n) is 3.46. The Morgan fingerprint density at radius 3 is 1.65 bits per heavy atom. The summed E-state index contributed by atoms with van der Waals surface area (Å²) in [6, 6.07) is 0. The first-order valence-corrected chi connectivity index (χ1v) is 8.06. The van der Waals surface area contributed by atoms with Crippen LogP contribution >= 0.6 is 0 Å². The first kappa shape index (κ1) is 13.4. The summed E-state index contributed by atoms with van der Waals surface area (Å²) in [4.78, 5) is 0. The molecule has 2 fully saturated rings. The highest BCUT2D eigenvalue weighted by molar-refractivity contribution is 4.91. The normalized spacial score (nSPS) is 37.6. The largest absolute Gasteiger partial charge is 0.393 e. The first-order valence-electron chi connectivity index (χ1n) is 8.06. The highest BCUT2D eigenvalue weighted by Gasteiger charge is 2.40. The van der Waals surface area contributed by atoms with E-state index in [1.54, 1.807) is 0 Å². The standard InChI is InChI=1S/C16H30O/c17-16-12-10-8-6-4-2-1-3-5-7-9-11-14-13-15(14)16/h14-17H,1-13H2/t14-,15-,16+/m0/s1. The van der Waals surface area contributed by atoms with Gasteiger partial charge in [0.2, 0.25) is 0 Å². The number of aliphatic hydroxyl groups is 1. The molecule has 0 aromatic heterocycles. The van der Waals surface area contributed by atoms with Crippen molar-refractivity contribution in [3.8, 4) is 0 Å². The van der Waals surface area contributed by atoms with Crippen LogP contribution in [0.4, 0.5) is 0 Å². The Bertz CT molecular complexity index is 202. The fourth-order valence-corrected chi connectivity index (χ4v) is 3.46. The molecule has 0 spiro atoms. The number of hydrogen-bond acceptors (Lipinski definition) is 1. The maximum absolute atomic E-state index is 10.1. The maximum atomic E-state index is 10.1. The smallest absolute Gasteiger partial charge is 0.0571 e. The van der Waals surface area contributed by atoms with E-state index in [9.17, 15) is 5.11 Å². The molecule has 2 saturated carbocycles. The second-order valence-corrected chi connectivity index (χ2v) is 6.34. The molecule has 17 heavy (non-hydrogen) atoms. The zero-order chi connectivity index (χ0) is 11.9. The maximum Gasteiger partial charge on any atom is 0.0571 e. The van der Waals surface area contributed by atoms with Gasteiger partial charge >= 0.3 is 0 Å². The van der Waals surface area contributed by atoms with Crippen LogP contribution in [-0.4, -0.2) is 11.2 Å². The van der Waals surface area contributed by atoms with Gasteiger partial charge in [0, 0.05) is 0 Å². The summed E-state index contributed by atoms with van der Waals surface area (Å²) in [5, 5.41) is 10.1. The molecule has 0 unspecified atom stereocenters. The molecule has 100 valence electrons. The third kappa shape index (κ3) is 4.99. The molecule has 1 nitrogen and oxygen atoms in total. The molecule has 1 N–H and O–H groups in total. The Kier molecular flexibility index (Phi) is 5.84. The van der Waals surface area contributed by atoms with Gasteiger partial charge in [-0.2, -0.15) is 0 Å². The Hall–Kier alpha value is -0.0400. The SMILES string of the molecule is O[C@@H]1CCCCCCCCCCCC[C@H]2C[C@@H]21. The average Bonchev–Trinajstić information content (AvgIpc) is 3.08. The Morgan fingerprint density at radius 2 is 1.06 bits per heavy atom. The molecule has 0 aromatic carbocycles. The van der Waals surface area contributed by atoms with E-state index in [1.807, 2.05) is 0 Å². The highest BCUT2D eigenvalue weighted by atomic mass is 16.3. The van der Waals surface area contributed by atoms with Crippen LogP contribution in [0.1, 0.15) is 83.5 Å². The van der Waals surface area contributed by atoms with Crippen molar-refractivity contribution in [2.75, 3.05) is 0 Å². The number of hydrogen-bond donors (Lipinski definition) is 1. The molecule has 2 aliphatic carbocycles. The van der Waals surface area contributed by atoms with E-state index in [0.29, 0.717) is 5.92 Å². The lowest BCUT2D eigenvalue weighted by molar-refractivity contribution is 0.131. The first-order chi connectivity index (χ1) is 8.38.